The Balaban J connectivity index is 2.29. The maximum absolute atomic E-state index is 14.5. The van der Waals surface area contributed by atoms with Gasteiger partial charge in [0, 0.05) is 6.54 Å². The van der Waals surface area contributed by atoms with Crippen LogP contribution in [-0.4, -0.2) is 76.6 Å². The summed E-state index contributed by atoms with van der Waals surface area (Å²) in [5.41, 5.74) is -1.67. The fourth-order valence-electron chi connectivity index (χ4n) is 6.34. The van der Waals surface area contributed by atoms with Gasteiger partial charge in [0.05, 0.1) is 18.6 Å². The van der Waals surface area contributed by atoms with Gasteiger partial charge in [-0.3, -0.25) is 24.0 Å². The molecule has 1 aliphatic rings. The molecular formula is C36H55F4N5O7. The van der Waals surface area contributed by atoms with Crippen LogP contribution in [0.5, 0.6) is 5.75 Å². The lowest BCUT2D eigenvalue weighted by Gasteiger charge is -2.32. The number of amides is 5. The predicted octanol–water partition coefficient (Wildman–Crippen LogP) is 3.86. The molecule has 52 heavy (non-hydrogen) atoms. The fourth-order valence-corrected chi connectivity index (χ4v) is 6.34. The highest BCUT2D eigenvalue weighted by Gasteiger charge is 2.35. The first-order valence-electron chi connectivity index (χ1n) is 18.1. The zero-order chi connectivity index (χ0) is 39.3. The number of aromatic hydroxyl groups is 1. The van der Waals surface area contributed by atoms with Gasteiger partial charge in [-0.15, -0.1) is 0 Å². The van der Waals surface area contributed by atoms with E-state index in [-0.39, 0.29) is 36.5 Å². The van der Waals surface area contributed by atoms with E-state index in [9.17, 15) is 51.7 Å². The first-order chi connectivity index (χ1) is 24.4. The zero-order valence-corrected chi connectivity index (χ0v) is 30.8. The highest BCUT2D eigenvalue weighted by Crippen LogP contribution is 2.30. The second kappa shape index (κ2) is 20.9. The quantitative estimate of drug-likeness (QED) is 0.0828. The van der Waals surface area contributed by atoms with Crippen molar-refractivity contribution in [2.45, 2.75) is 136 Å². The molecule has 0 spiro atoms. The molecule has 0 aromatic heterocycles. The molecule has 294 valence electrons. The minimum Gasteiger partial charge on any atom is -0.503 e. The van der Waals surface area contributed by atoms with Crippen LogP contribution in [0.1, 0.15) is 116 Å². The molecule has 0 saturated heterocycles. The largest absolute Gasteiger partial charge is 0.503 e. The SMILES string of the molecule is CCC[C@H](NC(=O)[C@H](CC(C)C)NC(=O)c1c(F)c(F)c(O)c(F)c1F)C(=O)N[C@@H](CC1CCCCC1)[C@@H](O)CC(=O)N[C@H](C(=O)NCC)C(C)C. The minimum atomic E-state index is -2.18. The van der Waals surface area contributed by atoms with E-state index < -0.39 is 94.9 Å². The number of benzene rings is 1. The van der Waals surface area contributed by atoms with Gasteiger partial charge < -0.3 is 36.8 Å². The van der Waals surface area contributed by atoms with Crippen LogP contribution in [-0.2, 0) is 19.2 Å². The lowest BCUT2D eigenvalue weighted by molar-refractivity contribution is -0.132. The van der Waals surface area contributed by atoms with Gasteiger partial charge in [0.1, 0.15) is 23.7 Å². The summed E-state index contributed by atoms with van der Waals surface area (Å²) in [4.78, 5) is 65.7. The van der Waals surface area contributed by atoms with Crippen molar-refractivity contribution in [1.82, 2.24) is 26.6 Å². The Labute approximate surface area is 302 Å². The van der Waals surface area contributed by atoms with Gasteiger partial charge >= 0.3 is 0 Å². The number of carbonyl (C=O) groups excluding carboxylic acids is 5. The molecule has 5 amide bonds. The van der Waals surface area contributed by atoms with Gasteiger partial charge in [-0.05, 0) is 43.9 Å². The molecule has 0 aliphatic heterocycles. The lowest BCUT2D eigenvalue weighted by Crippen LogP contribution is -2.57. The Morgan fingerprint density at radius 3 is 1.87 bits per heavy atom. The topological polar surface area (TPSA) is 186 Å². The van der Waals surface area contributed by atoms with Gasteiger partial charge in [0.2, 0.25) is 35.3 Å². The Hall–Kier alpha value is -3.95. The number of rotatable bonds is 19. The monoisotopic (exact) mass is 745 g/mol. The number of aliphatic hydroxyl groups excluding tert-OH is 1. The van der Waals surface area contributed by atoms with Crippen LogP contribution in [0.4, 0.5) is 17.6 Å². The van der Waals surface area contributed by atoms with E-state index in [0.717, 1.165) is 32.1 Å². The summed E-state index contributed by atoms with van der Waals surface area (Å²) >= 11 is 0. The van der Waals surface area contributed by atoms with Crippen molar-refractivity contribution in [3.05, 3.63) is 28.8 Å². The van der Waals surface area contributed by atoms with E-state index in [1.54, 1.807) is 41.5 Å². The summed E-state index contributed by atoms with van der Waals surface area (Å²) in [6.45, 7) is 10.8. The highest BCUT2D eigenvalue weighted by molar-refractivity contribution is 5.99. The first kappa shape index (κ1) is 44.2. The summed E-state index contributed by atoms with van der Waals surface area (Å²) in [6, 6.07) is -4.46. The first-order valence-corrected chi connectivity index (χ1v) is 18.1. The Morgan fingerprint density at radius 1 is 0.769 bits per heavy atom. The Kier molecular flexibility index (Phi) is 17.8. The number of halogens is 4. The third-order valence-corrected chi connectivity index (χ3v) is 9.12. The lowest BCUT2D eigenvalue weighted by atomic mass is 9.83. The molecule has 16 heteroatoms. The van der Waals surface area contributed by atoms with Crippen molar-refractivity contribution >= 4 is 29.5 Å². The highest BCUT2D eigenvalue weighted by atomic mass is 19.2. The smallest absolute Gasteiger partial charge is 0.258 e. The maximum atomic E-state index is 14.5. The third kappa shape index (κ3) is 12.6. The maximum Gasteiger partial charge on any atom is 0.258 e. The van der Waals surface area contributed by atoms with E-state index >= 15 is 0 Å². The molecule has 0 unspecified atom stereocenters. The summed E-state index contributed by atoms with van der Waals surface area (Å²) in [6.07, 6.45) is 3.70. The van der Waals surface area contributed by atoms with Crippen LogP contribution in [0.3, 0.4) is 0 Å². The predicted molar refractivity (Wildman–Crippen MR) is 185 cm³/mol. The van der Waals surface area contributed by atoms with Crippen molar-refractivity contribution < 1.29 is 51.7 Å². The molecule has 1 aromatic rings. The van der Waals surface area contributed by atoms with Gasteiger partial charge in [0.25, 0.3) is 5.91 Å². The van der Waals surface area contributed by atoms with Crippen molar-refractivity contribution in [2.24, 2.45) is 17.8 Å². The molecule has 2 rings (SSSR count). The molecule has 0 heterocycles. The average molecular weight is 746 g/mol. The van der Waals surface area contributed by atoms with E-state index in [4.69, 9.17) is 0 Å². The number of phenolic OH excluding ortho intramolecular Hbond substituents is 1. The van der Waals surface area contributed by atoms with Crippen molar-refractivity contribution in [2.75, 3.05) is 6.54 Å². The third-order valence-electron chi connectivity index (χ3n) is 9.12. The molecule has 5 atom stereocenters. The normalized spacial score (nSPS) is 16.4. The summed E-state index contributed by atoms with van der Waals surface area (Å²) in [7, 11) is 0. The van der Waals surface area contributed by atoms with Gasteiger partial charge in [-0.1, -0.05) is 73.1 Å². The summed E-state index contributed by atoms with van der Waals surface area (Å²) in [5, 5.41) is 33.4. The fraction of sp³-hybridized carbons (Fsp3) is 0.694. The molecular weight excluding hydrogens is 690 g/mol. The van der Waals surface area contributed by atoms with E-state index in [2.05, 4.69) is 26.6 Å². The molecule has 7 N–H and O–H groups in total. The van der Waals surface area contributed by atoms with E-state index in [1.807, 2.05) is 0 Å². The van der Waals surface area contributed by atoms with Crippen LogP contribution in [0.2, 0.25) is 0 Å². The van der Waals surface area contributed by atoms with E-state index in [0.29, 0.717) is 19.4 Å². The van der Waals surface area contributed by atoms with Crippen LogP contribution in [0, 0.1) is 41.0 Å². The Bertz CT molecular complexity index is 1380. The molecule has 12 nitrogen and oxygen atoms in total. The van der Waals surface area contributed by atoms with Crippen molar-refractivity contribution in [3.63, 3.8) is 0 Å². The molecule has 1 fully saturated rings. The molecule has 1 saturated carbocycles. The Morgan fingerprint density at radius 2 is 1.35 bits per heavy atom. The second-order valence-electron chi connectivity index (χ2n) is 14.3. The van der Waals surface area contributed by atoms with Gasteiger partial charge in [-0.2, -0.15) is 8.78 Å². The summed E-state index contributed by atoms with van der Waals surface area (Å²) < 4.78 is 56.9. The molecule has 1 aliphatic carbocycles. The second-order valence-corrected chi connectivity index (χ2v) is 14.3. The number of phenols is 1. The number of carbonyl (C=O) groups is 5. The number of hydrogen-bond donors (Lipinski definition) is 7. The van der Waals surface area contributed by atoms with Gasteiger partial charge in [-0.25, -0.2) is 8.78 Å². The standard InChI is InChI=1S/C36H55F4N5O7/c1-7-12-21(42-34(50)23(15-18(3)4)44-35(51)26-27(37)29(39)32(48)30(40)28(26)38)33(49)43-22(16-20-13-10-9-11-14-20)24(46)17-25(47)45-31(19(5)6)36(52)41-8-2/h18-24,31,46,48H,7-17H2,1-6H3,(H,41,52)(H,42,50)(H,43,49)(H,44,51)(H,45,47)/t21-,22-,23-,24-,31-/m0/s1. The summed E-state index contributed by atoms with van der Waals surface area (Å²) in [5.74, 6) is -15.2. The molecule has 0 radical (unpaired) electrons. The average Bonchev–Trinajstić information content (AvgIpc) is 3.08. The number of likely N-dealkylation sites (N-methyl/N-ethyl adjacent to an activating group) is 1. The van der Waals surface area contributed by atoms with Gasteiger partial charge in [0.15, 0.2) is 17.4 Å². The zero-order valence-electron chi connectivity index (χ0n) is 30.8. The van der Waals surface area contributed by atoms with Crippen LogP contribution < -0.4 is 26.6 Å². The van der Waals surface area contributed by atoms with E-state index in [1.165, 1.54) is 0 Å². The van der Waals surface area contributed by atoms with Crippen molar-refractivity contribution in [3.8, 4) is 5.75 Å². The molecule has 0 bridgehead atoms. The van der Waals surface area contributed by atoms with Crippen LogP contribution >= 0.6 is 0 Å². The van der Waals surface area contributed by atoms with Crippen molar-refractivity contribution in [1.29, 1.82) is 0 Å². The van der Waals surface area contributed by atoms with Crippen LogP contribution in [0.15, 0.2) is 0 Å². The van der Waals surface area contributed by atoms with Crippen LogP contribution in [0.25, 0.3) is 0 Å². The molecule has 1 aromatic carbocycles. The number of hydrogen-bond acceptors (Lipinski definition) is 7. The minimum absolute atomic E-state index is 0.101. The number of aliphatic hydroxyl groups is 1. The number of nitrogens with one attached hydrogen (secondary N) is 5.